The Balaban J connectivity index is 1.35. The number of hydrogen-bond donors (Lipinski definition) is 2. The molecule has 55 heavy (non-hydrogen) atoms. The molecule has 18 nitrogen and oxygen atoms in total. The van der Waals surface area contributed by atoms with Crippen molar-refractivity contribution in [2.75, 3.05) is 12.3 Å². The monoisotopic (exact) mass is 782 g/mol. The van der Waals surface area contributed by atoms with Crippen LogP contribution in [0.15, 0.2) is 48.8 Å². The van der Waals surface area contributed by atoms with Crippen molar-refractivity contribution >= 4 is 43.0 Å². The average molecular weight is 783 g/mol. The molecule has 2 aliphatic carbocycles. The Kier molecular flexibility index (Phi) is 12.4. The number of nitriles is 1. The SMILES string of the molecule is CCC(=O)O[C@H]1[C@@H](OC(=O)CC)[C@](C#N)(c2ccc3c(N)ncnn23)O[C@@H]1COP(=O)(N[C@@H](CC(=O)OC1CCC1)C(=O)OC1CCC1)Oc1ccccc1. The first-order valence-electron chi connectivity index (χ1n) is 18.2. The number of ether oxygens (including phenoxy) is 5. The number of anilines is 1. The molecule has 3 aliphatic rings. The molecule has 0 radical (unpaired) electrons. The summed E-state index contributed by atoms with van der Waals surface area (Å²) < 4.78 is 56.9. The minimum absolute atomic E-state index is 0.0543. The number of fused-ring (bicyclic) bond motifs is 1. The number of esters is 4. The fourth-order valence-corrected chi connectivity index (χ4v) is 7.64. The summed E-state index contributed by atoms with van der Waals surface area (Å²) in [6, 6.07) is 11.5. The molecule has 0 amide bonds. The fourth-order valence-electron chi connectivity index (χ4n) is 6.14. The van der Waals surface area contributed by atoms with E-state index in [9.17, 15) is 29.0 Å². The summed E-state index contributed by atoms with van der Waals surface area (Å²) in [5, 5.41) is 17.7. The first kappa shape index (κ1) is 39.6. The predicted molar refractivity (Wildman–Crippen MR) is 190 cm³/mol. The van der Waals surface area contributed by atoms with Crippen molar-refractivity contribution in [3.63, 3.8) is 0 Å². The molecule has 2 saturated carbocycles. The zero-order valence-corrected chi connectivity index (χ0v) is 31.3. The van der Waals surface area contributed by atoms with Gasteiger partial charge in [0.2, 0.25) is 5.60 Å². The molecule has 1 unspecified atom stereocenters. The Morgan fingerprint density at radius 1 is 0.982 bits per heavy atom. The van der Waals surface area contributed by atoms with Crippen molar-refractivity contribution in [2.24, 2.45) is 0 Å². The molecule has 1 aromatic carbocycles. The molecule has 294 valence electrons. The highest BCUT2D eigenvalue weighted by atomic mass is 31.2. The topological polar surface area (TPSA) is 242 Å². The van der Waals surface area contributed by atoms with E-state index in [0.29, 0.717) is 31.2 Å². The van der Waals surface area contributed by atoms with Gasteiger partial charge in [0.05, 0.1) is 18.7 Å². The molecular weight excluding hydrogens is 739 g/mol. The number of nitrogens with zero attached hydrogens (tertiary/aromatic N) is 4. The van der Waals surface area contributed by atoms with Crippen molar-refractivity contribution in [3.05, 3.63) is 54.5 Å². The van der Waals surface area contributed by atoms with E-state index in [0.717, 1.165) is 19.2 Å². The zero-order chi connectivity index (χ0) is 39.2. The lowest BCUT2D eigenvalue weighted by Crippen LogP contribution is -2.46. The molecule has 0 bridgehead atoms. The van der Waals surface area contributed by atoms with Crippen molar-refractivity contribution in [1.29, 1.82) is 5.26 Å². The molecule has 0 spiro atoms. The fraction of sp³-hybridized carbons (Fsp3) is 0.528. The van der Waals surface area contributed by atoms with Gasteiger partial charge in [-0.3, -0.25) is 23.7 Å². The first-order valence-corrected chi connectivity index (χ1v) is 19.8. The molecule has 3 fully saturated rings. The van der Waals surface area contributed by atoms with Gasteiger partial charge in [-0.25, -0.2) is 14.1 Å². The van der Waals surface area contributed by atoms with Crippen LogP contribution in [0.4, 0.5) is 5.82 Å². The minimum Gasteiger partial charge on any atom is -0.462 e. The number of nitrogens with two attached hydrogens (primary N) is 1. The minimum atomic E-state index is -4.71. The number of para-hydroxylation sites is 1. The highest BCUT2D eigenvalue weighted by Gasteiger charge is 2.63. The standard InChI is InChI=1S/C36H43N6O12P/c1-3-29(43)51-32-27(53-36(20-37,33(32)52-30(44)4-2)28-17-16-26-34(38)39-21-40-42(26)28)19-48-55(47,54-24-10-6-5-7-11-24)41-25(35(46)50-23-14-9-15-23)18-31(45)49-22-12-8-13-22/h5-7,10-11,16-17,21-23,25,27,32-33H,3-4,8-9,12-15,18-19H2,1-2H3,(H,41,47)(H2,38,39,40)/t25-,27+,32+,33+,36-,55?/m0/s1. The van der Waals surface area contributed by atoms with E-state index in [1.54, 1.807) is 25.1 Å². The average Bonchev–Trinajstić information content (AvgIpc) is 3.71. The van der Waals surface area contributed by atoms with E-state index < -0.39 is 74.6 Å². The molecular formula is C36H43N6O12P. The molecule has 3 N–H and O–H groups in total. The van der Waals surface area contributed by atoms with Crippen LogP contribution in [0.3, 0.4) is 0 Å². The number of benzene rings is 1. The summed E-state index contributed by atoms with van der Waals surface area (Å²) in [5.41, 5.74) is 4.23. The lowest BCUT2D eigenvalue weighted by Gasteiger charge is -2.30. The van der Waals surface area contributed by atoms with Gasteiger partial charge in [-0.05, 0) is 62.8 Å². The Labute approximate surface area is 316 Å². The van der Waals surface area contributed by atoms with Crippen LogP contribution in [0.1, 0.15) is 77.3 Å². The molecule has 6 atom stereocenters. The normalized spacial score (nSPS) is 24.0. The Hall–Kier alpha value is -5.08. The number of rotatable bonds is 17. The number of nitrogen functional groups attached to an aromatic ring is 1. The van der Waals surface area contributed by atoms with E-state index >= 15 is 0 Å². The van der Waals surface area contributed by atoms with Crippen LogP contribution in [0.25, 0.3) is 5.52 Å². The Morgan fingerprint density at radius 2 is 1.65 bits per heavy atom. The molecule has 3 heterocycles. The summed E-state index contributed by atoms with van der Waals surface area (Å²) in [6.45, 7) is 2.36. The number of carbonyl (C=O) groups is 4. The Bertz CT molecular complexity index is 1960. The van der Waals surface area contributed by atoms with Gasteiger partial charge < -0.3 is 33.9 Å². The van der Waals surface area contributed by atoms with E-state index in [2.05, 4.69) is 21.2 Å². The van der Waals surface area contributed by atoms with Crippen molar-refractivity contribution in [1.82, 2.24) is 19.7 Å². The third-order valence-electron chi connectivity index (χ3n) is 9.57. The Morgan fingerprint density at radius 3 is 2.29 bits per heavy atom. The van der Waals surface area contributed by atoms with Gasteiger partial charge in [0.25, 0.3) is 0 Å². The van der Waals surface area contributed by atoms with E-state index in [1.165, 1.54) is 35.7 Å². The van der Waals surface area contributed by atoms with Gasteiger partial charge in [0.15, 0.2) is 18.0 Å². The summed E-state index contributed by atoms with van der Waals surface area (Å²) in [6.07, 6.45) is -0.387. The quantitative estimate of drug-likeness (QED) is 0.112. The van der Waals surface area contributed by atoms with Gasteiger partial charge >= 0.3 is 31.6 Å². The number of carbonyl (C=O) groups excluding carboxylic acids is 4. The summed E-state index contributed by atoms with van der Waals surface area (Å²) >= 11 is 0. The molecule has 19 heteroatoms. The lowest BCUT2D eigenvalue weighted by atomic mass is 9.92. The third-order valence-corrected chi connectivity index (χ3v) is 11.1. The van der Waals surface area contributed by atoms with Crippen LogP contribution in [0.5, 0.6) is 5.75 Å². The van der Waals surface area contributed by atoms with Gasteiger partial charge in [-0.2, -0.15) is 15.4 Å². The van der Waals surface area contributed by atoms with Gasteiger partial charge in [-0.15, -0.1) is 0 Å². The van der Waals surface area contributed by atoms with Gasteiger partial charge in [0, 0.05) is 12.8 Å². The third kappa shape index (κ3) is 8.91. The van der Waals surface area contributed by atoms with Crippen molar-refractivity contribution < 1.29 is 56.5 Å². The number of hydrogen-bond acceptors (Lipinski definition) is 16. The van der Waals surface area contributed by atoms with Crippen LogP contribution in [-0.4, -0.2) is 81.6 Å². The molecule has 6 rings (SSSR count). The summed E-state index contributed by atoms with van der Waals surface area (Å²) in [7, 11) is -4.71. The van der Waals surface area contributed by atoms with Crippen molar-refractivity contribution in [2.45, 2.75) is 114 Å². The maximum Gasteiger partial charge on any atom is 0.459 e. The maximum atomic E-state index is 14.8. The molecule has 1 saturated heterocycles. The second kappa shape index (κ2) is 17.2. The maximum absolute atomic E-state index is 14.8. The second-order valence-corrected chi connectivity index (χ2v) is 15.0. The van der Waals surface area contributed by atoms with Crippen LogP contribution in [0.2, 0.25) is 0 Å². The number of aromatic nitrogens is 3. The lowest BCUT2D eigenvalue weighted by molar-refractivity contribution is -0.169. The highest BCUT2D eigenvalue weighted by molar-refractivity contribution is 7.52. The van der Waals surface area contributed by atoms with Crippen LogP contribution in [-0.2, 0) is 57.6 Å². The first-order chi connectivity index (χ1) is 26.5. The second-order valence-electron chi connectivity index (χ2n) is 13.4. The van der Waals surface area contributed by atoms with Crippen molar-refractivity contribution in [3.8, 4) is 11.8 Å². The van der Waals surface area contributed by atoms with Crippen LogP contribution in [0, 0.1) is 11.3 Å². The smallest absolute Gasteiger partial charge is 0.459 e. The summed E-state index contributed by atoms with van der Waals surface area (Å²) in [4.78, 5) is 56.2. The zero-order valence-electron chi connectivity index (χ0n) is 30.4. The van der Waals surface area contributed by atoms with E-state index in [1.807, 2.05) is 0 Å². The van der Waals surface area contributed by atoms with E-state index in [4.69, 9.17) is 38.5 Å². The van der Waals surface area contributed by atoms with E-state index in [-0.39, 0.29) is 42.3 Å². The van der Waals surface area contributed by atoms with Gasteiger partial charge in [0.1, 0.15) is 48.0 Å². The molecule has 1 aliphatic heterocycles. The highest BCUT2D eigenvalue weighted by Crippen LogP contribution is 2.49. The largest absolute Gasteiger partial charge is 0.462 e. The molecule has 2 aromatic heterocycles. The van der Waals surface area contributed by atoms with Crippen LogP contribution >= 0.6 is 7.75 Å². The number of nitrogens with one attached hydrogen (secondary N) is 1. The summed E-state index contributed by atoms with van der Waals surface area (Å²) in [5.74, 6) is -2.91. The van der Waals surface area contributed by atoms with Gasteiger partial charge in [-0.1, -0.05) is 32.0 Å². The predicted octanol–water partition coefficient (Wildman–Crippen LogP) is 3.82. The molecule has 3 aromatic rings. The van der Waals surface area contributed by atoms with Crippen LogP contribution < -0.4 is 15.3 Å².